The summed E-state index contributed by atoms with van der Waals surface area (Å²) in [5, 5.41) is 2.96. The lowest BCUT2D eigenvalue weighted by molar-refractivity contribution is 0.384. The third kappa shape index (κ3) is 3.23. The lowest BCUT2D eigenvalue weighted by Crippen LogP contribution is -2.03. The van der Waals surface area contributed by atoms with Gasteiger partial charge >= 0.3 is 0 Å². The molecular formula is C14H12BrF2NO. The molecule has 0 aliphatic rings. The van der Waals surface area contributed by atoms with Crippen LogP contribution < -0.4 is 10.1 Å². The number of ether oxygens (including phenoxy) is 1. The SMILES string of the molecule is COc1cccc(CNc2ccc(Br)c(F)c2)c1F. The van der Waals surface area contributed by atoms with E-state index >= 15 is 0 Å². The van der Waals surface area contributed by atoms with Crippen molar-refractivity contribution in [3.63, 3.8) is 0 Å². The second-order valence-electron chi connectivity index (χ2n) is 3.92. The van der Waals surface area contributed by atoms with Crippen molar-refractivity contribution in [2.24, 2.45) is 0 Å². The van der Waals surface area contributed by atoms with E-state index < -0.39 is 5.82 Å². The van der Waals surface area contributed by atoms with Gasteiger partial charge in [-0.25, -0.2) is 8.78 Å². The van der Waals surface area contributed by atoms with Crippen molar-refractivity contribution in [2.45, 2.75) is 6.54 Å². The van der Waals surface area contributed by atoms with Gasteiger partial charge in [-0.05, 0) is 40.2 Å². The van der Waals surface area contributed by atoms with E-state index in [1.807, 2.05) is 0 Å². The first-order valence-electron chi connectivity index (χ1n) is 5.62. The minimum Gasteiger partial charge on any atom is -0.494 e. The van der Waals surface area contributed by atoms with Gasteiger partial charge in [-0.15, -0.1) is 0 Å². The standard InChI is InChI=1S/C14H12BrF2NO/c1-19-13-4-2-3-9(14(13)17)8-18-10-5-6-11(15)12(16)7-10/h2-7,18H,8H2,1H3. The highest BCUT2D eigenvalue weighted by Crippen LogP contribution is 2.22. The van der Waals surface area contributed by atoms with Crippen molar-refractivity contribution < 1.29 is 13.5 Å². The zero-order valence-corrected chi connectivity index (χ0v) is 11.8. The monoisotopic (exact) mass is 327 g/mol. The van der Waals surface area contributed by atoms with Crippen LogP contribution in [0.5, 0.6) is 5.75 Å². The topological polar surface area (TPSA) is 21.3 Å². The van der Waals surface area contributed by atoms with Crippen LogP contribution >= 0.6 is 15.9 Å². The third-order valence-electron chi connectivity index (χ3n) is 2.67. The Balaban J connectivity index is 2.12. The Labute approximate surface area is 118 Å². The second-order valence-corrected chi connectivity index (χ2v) is 4.77. The lowest BCUT2D eigenvalue weighted by Gasteiger charge is -2.10. The van der Waals surface area contributed by atoms with Crippen molar-refractivity contribution in [2.75, 3.05) is 12.4 Å². The van der Waals surface area contributed by atoms with Crippen LogP contribution in [0.25, 0.3) is 0 Å². The Morgan fingerprint density at radius 3 is 2.68 bits per heavy atom. The molecule has 5 heteroatoms. The highest BCUT2D eigenvalue weighted by atomic mass is 79.9. The predicted octanol–water partition coefficient (Wildman–Crippen LogP) is 4.35. The van der Waals surface area contributed by atoms with Crippen LogP contribution in [0.15, 0.2) is 40.9 Å². The van der Waals surface area contributed by atoms with Gasteiger partial charge < -0.3 is 10.1 Å². The molecule has 2 aromatic carbocycles. The highest BCUT2D eigenvalue weighted by Gasteiger charge is 2.08. The molecule has 2 rings (SSSR count). The summed E-state index contributed by atoms with van der Waals surface area (Å²) in [6.45, 7) is 0.254. The molecule has 0 unspecified atom stereocenters. The maximum atomic E-state index is 13.9. The fourth-order valence-electron chi connectivity index (χ4n) is 1.65. The number of anilines is 1. The number of rotatable bonds is 4. The summed E-state index contributed by atoms with van der Waals surface area (Å²) in [5.74, 6) is -0.576. The molecule has 0 saturated heterocycles. The van der Waals surface area contributed by atoms with Crippen molar-refractivity contribution in [1.29, 1.82) is 0 Å². The van der Waals surface area contributed by atoms with Crippen molar-refractivity contribution >= 4 is 21.6 Å². The van der Waals surface area contributed by atoms with E-state index in [9.17, 15) is 8.78 Å². The molecule has 0 aromatic heterocycles. The smallest absolute Gasteiger partial charge is 0.170 e. The van der Waals surface area contributed by atoms with Gasteiger partial charge in [-0.3, -0.25) is 0 Å². The normalized spacial score (nSPS) is 10.3. The number of nitrogens with one attached hydrogen (secondary N) is 1. The van der Waals surface area contributed by atoms with E-state index in [1.54, 1.807) is 30.3 Å². The summed E-state index contributed by atoms with van der Waals surface area (Å²) in [5.41, 5.74) is 1.05. The fourth-order valence-corrected chi connectivity index (χ4v) is 1.90. The van der Waals surface area contributed by atoms with Gasteiger partial charge in [0.1, 0.15) is 5.82 Å². The van der Waals surface area contributed by atoms with Crippen molar-refractivity contribution in [3.05, 3.63) is 58.1 Å². The largest absolute Gasteiger partial charge is 0.494 e. The van der Waals surface area contributed by atoms with E-state index in [0.717, 1.165) is 0 Å². The minimum absolute atomic E-state index is 0.196. The number of benzene rings is 2. The number of hydrogen-bond donors (Lipinski definition) is 1. The van der Waals surface area contributed by atoms with E-state index in [4.69, 9.17) is 4.74 Å². The van der Waals surface area contributed by atoms with Crippen LogP contribution in [0.2, 0.25) is 0 Å². The van der Waals surface area contributed by atoms with Crippen LogP contribution in [0.4, 0.5) is 14.5 Å². The average Bonchev–Trinajstić information content (AvgIpc) is 2.41. The Bertz CT molecular complexity index is 590. The van der Waals surface area contributed by atoms with Crippen molar-refractivity contribution in [1.82, 2.24) is 0 Å². The summed E-state index contributed by atoms with van der Waals surface area (Å²) >= 11 is 3.08. The van der Waals surface area contributed by atoms with Gasteiger partial charge in [0.25, 0.3) is 0 Å². The molecule has 0 amide bonds. The summed E-state index contributed by atoms with van der Waals surface area (Å²) in [4.78, 5) is 0. The van der Waals surface area contributed by atoms with E-state index in [0.29, 0.717) is 15.7 Å². The van der Waals surface area contributed by atoms with Gasteiger partial charge in [-0.2, -0.15) is 0 Å². The van der Waals surface area contributed by atoms with Crippen LogP contribution in [-0.4, -0.2) is 7.11 Å². The first-order valence-corrected chi connectivity index (χ1v) is 6.41. The van der Waals surface area contributed by atoms with Gasteiger partial charge in [0, 0.05) is 17.8 Å². The molecule has 0 atom stereocenters. The molecule has 2 nitrogen and oxygen atoms in total. The number of hydrogen-bond acceptors (Lipinski definition) is 2. The molecule has 0 bridgehead atoms. The summed E-state index contributed by atoms with van der Waals surface area (Å²) < 4.78 is 32.5. The van der Waals surface area contributed by atoms with Gasteiger partial charge in [-0.1, -0.05) is 12.1 Å². The van der Waals surface area contributed by atoms with Gasteiger partial charge in [0.15, 0.2) is 11.6 Å². The van der Waals surface area contributed by atoms with Crippen LogP contribution in [0.3, 0.4) is 0 Å². The molecule has 0 spiro atoms. The molecule has 19 heavy (non-hydrogen) atoms. The first-order chi connectivity index (χ1) is 9.11. The molecule has 0 heterocycles. The molecule has 0 aliphatic carbocycles. The van der Waals surface area contributed by atoms with E-state index in [2.05, 4.69) is 21.2 Å². The summed E-state index contributed by atoms with van der Waals surface area (Å²) in [7, 11) is 1.42. The Kier molecular flexibility index (Phi) is 4.37. The molecule has 0 radical (unpaired) electrons. The van der Waals surface area contributed by atoms with Gasteiger partial charge in [0.05, 0.1) is 11.6 Å². The van der Waals surface area contributed by atoms with E-state index in [1.165, 1.54) is 13.2 Å². The summed E-state index contributed by atoms with van der Waals surface area (Å²) in [6, 6.07) is 9.58. The second kappa shape index (κ2) is 6.02. The van der Waals surface area contributed by atoms with Crippen LogP contribution in [0.1, 0.15) is 5.56 Å². The highest BCUT2D eigenvalue weighted by molar-refractivity contribution is 9.10. The number of halogens is 3. The molecule has 1 N–H and O–H groups in total. The molecule has 100 valence electrons. The molecule has 2 aromatic rings. The fraction of sp³-hybridized carbons (Fsp3) is 0.143. The van der Waals surface area contributed by atoms with E-state index in [-0.39, 0.29) is 18.1 Å². The Morgan fingerprint density at radius 2 is 2.00 bits per heavy atom. The predicted molar refractivity (Wildman–Crippen MR) is 74.4 cm³/mol. The quantitative estimate of drug-likeness (QED) is 0.901. The van der Waals surface area contributed by atoms with Gasteiger partial charge in [0.2, 0.25) is 0 Å². The molecule has 0 fully saturated rings. The maximum absolute atomic E-state index is 13.9. The maximum Gasteiger partial charge on any atom is 0.170 e. The minimum atomic E-state index is -0.407. The number of methoxy groups -OCH3 is 1. The molecule has 0 aliphatic heterocycles. The Hall–Kier alpha value is -1.62. The van der Waals surface area contributed by atoms with Crippen LogP contribution in [-0.2, 0) is 6.54 Å². The van der Waals surface area contributed by atoms with Crippen molar-refractivity contribution in [3.8, 4) is 5.75 Å². The lowest BCUT2D eigenvalue weighted by atomic mass is 10.2. The molecular weight excluding hydrogens is 316 g/mol. The Morgan fingerprint density at radius 1 is 1.21 bits per heavy atom. The first kappa shape index (κ1) is 13.8. The average molecular weight is 328 g/mol. The van der Waals surface area contributed by atoms with Crippen LogP contribution in [0, 0.1) is 11.6 Å². The zero-order valence-electron chi connectivity index (χ0n) is 10.2. The summed E-state index contributed by atoms with van der Waals surface area (Å²) in [6.07, 6.45) is 0. The third-order valence-corrected chi connectivity index (χ3v) is 3.31. The zero-order chi connectivity index (χ0) is 13.8. The molecule has 0 saturated carbocycles.